The molecule has 3 aliphatic rings. The van der Waals surface area contributed by atoms with Crippen molar-refractivity contribution in [3.8, 4) is 0 Å². The maximum absolute atomic E-state index is 14.2. The van der Waals surface area contributed by atoms with Crippen molar-refractivity contribution in [2.24, 2.45) is 0 Å². The molecule has 36 heavy (non-hydrogen) atoms. The third kappa shape index (κ3) is 4.90. The Balaban J connectivity index is 1.15. The molecule has 1 saturated carbocycles. The molecule has 1 spiro atoms. The minimum Gasteiger partial charge on any atom is -0.393 e. The van der Waals surface area contributed by atoms with E-state index in [9.17, 15) is 28.3 Å². The second-order valence-corrected chi connectivity index (χ2v) is 9.95. The molecule has 1 aliphatic carbocycles. The number of urea groups is 1. The quantitative estimate of drug-likeness (QED) is 0.518. The van der Waals surface area contributed by atoms with Crippen LogP contribution in [0.3, 0.4) is 0 Å². The summed E-state index contributed by atoms with van der Waals surface area (Å²) in [7, 11) is 0. The van der Waals surface area contributed by atoms with Gasteiger partial charge in [-0.15, -0.1) is 0 Å². The number of benzene rings is 2. The Labute approximate surface area is 207 Å². The van der Waals surface area contributed by atoms with Crippen LogP contribution in [0.25, 0.3) is 0 Å². The molecule has 0 aromatic heterocycles. The Morgan fingerprint density at radius 1 is 1.11 bits per heavy atom. The average molecular weight is 499 g/mol. The molecule has 2 aromatic carbocycles. The molecular formula is C26H28F2N4O4. The van der Waals surface area contributed by atoms with Gasteiger partial charge in [0.05, 0.1) is 11.7 Å². The van der Waals surface area contributed by atoms with Crippen LogP contribution >= 0.6 is 0 Å². The lowest BCUT2D eigenvalue weighted by Crippen LogP contribution is -2.55. The Hall–Kier alpha value is -3.53. The largest absolute Gasteiger partial charge is 0.393 e. The fraction of sp³-hybridized carbons (Fsp3) is 0.423. The van der Waals surface area contributed by atoms with Gasteiger partial charge in [-0.05, 0) is 61.6 Å². The van der Waals surface area contributed by atoms with Gasteiger partial charge in [-0.2, -0.15) is 0 Å². The summed E-state index contributed by atoms with van der Waals surface area (Å²) >= 11 is 0. The number of likely N-dealkylation sites (tertiary alicyclic amines) is 1. The predicted molar refractivity (Wildman–Crippen MR) is 128 cm³/mol. The molecule has 2 heterocycles. The number of amides is 3. The highest BCUT2D eigenvalue weighted by molar-refractivity contribution is 6.04. The van der Waals surface area contributed by atoms with Crippen LogP contribution in [0.15, 0.2) is 36.4 Å². The molecule has 0 atom stereocenters. The van der Waals surface area contributed by atoms with E-state index >= 15 is 0 Å². The topological polar surface area (TPSA) is 111 Å². The lowest BCUT2D eigenvalue weighted by Gasteiger charge is -2.45. The number of anilines is 1. The van der Waals surface area contributed by atoms with Crippen LogP contribution in [0.5, 0.6) is 0 Å². The Bertz CT molecular complexity index is 1210. The monoisotopic (exact) mass is 498 g/mol. The standard InChI is InChI=1S/C26H28F2N4O4/c27-16-2-4-22-20(10-16)23(34)13-26(31-22)5-7-32(8-6-26)25(36)29-14-15-1-3-21(28)19(9-15)24(35)30-17-11-18(33)12-17/h1-4,9-10,17-18,31,33H,5-8,11-14H2,(H,29,36)(H,30,35). The van der Waals surface area contributed by atoms with Crippen LogP contribution in [0.1, 0.15) is 58.4 Å². The highest BCUT2D eigenvalue weighted by Gasteiger charge is 2.41. The summed E-state index contributed by atoms with van der Waals surface area (Å²) in [6.07, 6.45) is 1.86. The first kappa shape index (κ1) is 24.2. The molecule has 5 rings (SSSR count). The van der Waals surface area contributed by atoms with E-state index in [1.807, 2.05) is 0 Å². The summed E-state index contributed by atoms with van der Waals surface area (Å²) in [6, 6.07) is 7.84. The Morgan fingerprint density at radius 2 is 1.86 bits per heavy atom. The van der Waals surface area contributed by atoms with Gasteiger partial charge in [0.1, 0.15) is 11.6 Å². The number of ketones is 1. The minimum atomic E-state index is -0.650. The molecule has 0 bridgehead atoms. The van der Waals surface area contributed by atoms with Gasteiger partial charge >= 0.3 is 6.03 Å². The van der Waals surface area contributed by atoms with Crippen molar-refractivity contribution in [2.75, 3.05) is 18.4 Å². The first-order chi connectivity index (χ1) is 17.2. The van der Waals surface area contributed by atoms with E-state index < -0.39 is 29.2 Å². The van der Waals surface area contributed by atoms with Gasteiger partial charge in [-0.1, -0.05) is 6.07 Å². The lowest BCUT2D eigenvalue weighted by molar-refractivity contribution is 0.0561. The molecule has 0 unspecified atom stereocenters. The van der Waals surface area contributed by atoms with Gasteiger partial charge in [0, 0.05) is 48.9 Å². The first-order valence-electron chi connectivity index (χ1n) is 12.1. The SMILES string of the molecule is O=C(NC1CC(O)C1)c1cc(CNC(=O)N2CCC3(CC2)CC(=O)c2cc(F)ccc2N3)ccc1F. The number of Topliss-reactive ketones (excluding diaryl/α,β-unsaturated/α-hetero) is 1. The number of fused-ring (bicyclic) bond motifs is 1. The van der Waals surface area contributed by atoms with Crippen molar-refractivity contribution < 1.29 is 28.3 Å². The van der Waals surface area contributed by atoms with Crippen molar-refractivity contribution in [2.45, 2.75) is 56.3 Å². The van der Waals surface area contributed by atoms with Crippen LogP contribution in [0.4, 0.5) is 19.3 Å². The number of rotatable bonds is 4. The number of carbonyl (C=O) groups is 3. The normalized spacial score (nSPS) is 22.3. The maximum Gasteiger partial charge on any atom is 0.317 e. The zero-order valence-corrected chi connectivity index (χ0v) is 19.7. The smallest absolute Gasteiger partial charge is 0.317 e. The molecule has 2 aliphatic heterocycles. The van der Waals surface area contributed by atoms with E-state index in [2.05, 4.69) is 16.0 Å². The average Bonchev–Trinajstić information content (AvgIpc) is 2.83. The van der Waals surface area contributed by atoms with Gasteiger partial charge in [-0.3, -0.25) is 9.59 Å². The molecule has 8 nitrogen and oxygen atoms in total. The number of nitrogens with zero attached hydrogens (tertiary/aromatic N) is 1. The van der Waals surface area contributed by atoms with Crippen molar-refractivity contribution in [1.29, 1.82) is 0 Å². The van der Waals surface area contributed by atoms with E-state index in [1.165, 1.54) is 30.3 Å². The van der Waals surface area contributed by atoms with Crippen LogP contribution in [-0.4, -0.2) is 58.5 Å². The van der Waals surface area contributed by atoms with Gasteiger partial charge in [0.25, 0.3) is 5.91 Å². The molecule has 1 saturated heterocycles. The second-order valence-electron chi connectivity index (χ2n) is 9.95. The summed E-state index contributed by atoms with van der Waals surface area (Å²) in [5.74, 6) is -1.75. The molecule has 2 aromatic rings. The molecule has 0 radical (unpaired) electrons. The first-order valence-corrected chi connectivity index (χ1v) is 12.1. The molecule has 190 valence electrons. The number of aliphatic hydroxyl groups excluding tert-OH is 1. The number of hydrogen-bond donors (Lipinski definition) is 4. The second kappa shape index (κ2) is 9.50. The fourth-order valence-corrected chi connectivity index (χ4v) is 5.14. The van der Waals surface area contributed by atoms with Crippen LogP contribution < -0.4 is 16.0 Å². The van der Waals surface area contributed by atoms with Crippen LogP contribution in [0, 0.1) is 11.6 Å². The summed E-state index contributed by atoms with van der Waals surface area (Å²) in [5, 5.41) is 18.3. The van der Waals surface area contributed by atoms with Crippen molar-refractivity contribution in [3.05, 3.63) is 64.7 Å². The molecular weight excluding hydrogens is 470 g/mol. The lowest BCUT2D eigenvalue weighted by atomic mass is 9.78. The summed E-state index contributed by atoms with van der Waals surface area (Å²) in [6.45, 7) is 0.999. The highest BCUT2D eigenvalue weighted by Crippen LogP contribution is 2.37. The van der Waals surface area contributed by atoms with E-state index in [0.717, 1.165) is 0 Å². The number of halogens is 2. The Morgan fingerprint density at radius 3 is 2.58 bits per heavy atom. The summed E-state index contributed by atoms with van der Waals surface area (Å²) < 4.78 is 27.7. The van der Waals surface area contributed by atoms with Gasteiger partial charge < -0.3 is 26.0 Å². The van der Waals surface area contributed by atoms with Crippen LogP contribution in [-0.2, 0) is 6.54 Å². The number of piperidine rings is 1. The van der Waals surface area contributed by atoms with E-state index in [-0.39, 0.29) is 36.4 Å². The third-order valence-corrected chi connectivity index (χ3v) is 7.36. The number of carbonyl (C=O) groups excluding carboxylic acids is 3. The van der Waals surface area contributed by atoms with E-state index in [4.69, 9.17) is 0 Å². The van der Waals surface area contributed by atoms with Gasteiger partial charge in [-0.25, -0.2) is 13.6 Å². The zero-order valence-electron chi connectivity index (χ0n) is 19.7. The van der Waals surface area contributed by atoms with Gasteiger partial charge in [0.2, 0.25) is 0 Å². The molecule has 2 fully saturated rings. The van der Waals surface area contributed by atoms with Crippen molar-refractivity contribution in [1.82, 2.24) is 15.5 Å². The van der Waals surface area contributed by atoms with Crippen molar-refractivity contribution >= 4 is 23.4 Å². The number of aliphatic hydroxyl groups is 1. The van der Waals surface area contributed by atoms with E-state index in [1.54, 1.807) is 11.0 Å². The zero-order chi connectivity index (χ0) is 25.4. The minimum absolute atomic E-state index is 0.101. The molecule has 10 heteroatoms. The molecule has 3 amide bonds. The number of hydrogen-bond acceptors (Lipinski definition) is 5. The van der Waals surface area contributed by atoms with Gasteiger partial charge in [0.15, 0.2) is 5.78 Å². The van der Waals surface area contributed by atoms with E-state index in [0.29, 0.717) is 55.6 Å². The molecule has 4 N–H and O–H groups in total. The third-order valence-electron chi connectivity index (χ3n) is 7.36. The van der Waals surface area contributed by atoms with Crippen molar-refractivity contribution in [3.63, 3.8) is 0 Å². The summed E-state index contributed by atoms with van der Waals surface area (Å²) in [4.78, 5) is 39.4. The Kier molecular flexibility index (Phi) is 6.38. The van der Waals surface area contributed by atoms with Crippen LogP contribution in [0.2, 0.25) is 0 Å². The fourth-order valence-electron chi connectivity index (χ4n) is 5.14. The summed E-state index contributed by atoms with van der Waals surface area (Å²) in [5.41, 5.74) is 0.999. The maximum atomic E-state index is 14.2. The highest BCUT2D eigenvalue weighted by atomic mass is 19.1. The predicted octanol–water partition coefficient (Wildman–Crippen LogP) is 2.96. The number of nitrogens with one attached hydrogen (secondary N) is 3.